The lowest BCUT2D eigenvalue weighted by atomic mass is 9.83. The topological polar surface area (TPSA) is 75.6 Å². The second kappa shape index (κ2) is 6.03. The van der Waals surface area contributed by atoms with Crippen molar-refractivity contribution in [2.24, 2.45) is 5.41 Å². The highest BCUT2D eigenvalue weighted by Crippen LogP contribution is 2.45. The van der Waals surface area contributed by atoms with E-state index in [1.807, 2.05) is 25.3 Å². The first-order valence-electron chi connectivity index (χ1n) is 7.65. The van der Waals surface area contributed by atoms with Crippen molar-refractivity contribution in [2.75, 3.05) is 11.9 Å². The molecule has 2 N–H and O–H groups in total. The molecular weight excluding hydrogens is 326 g/mol. The monoisotopic (exact) mass is 345 g/mol. The zero-order chi connectivity index (χ0) is 17.5. The summed E-state index contributed by atoms with van der Waals surface area (Å²) in [5, 5.41) is 14.3. The number of benzene rings is 1. The van der Waals surface area contributed by atoms with Crippen molar-refractivity contribution < 1.29 is 19.4 Å². The third-order valence-corrected chi connectivity index (χ3v) is 5.02. The molecule has 24 heavy (non-hydrogen) atoms. The molecule has 0 fully saturated rings. The maximum Gasteiger partial charge on any atom is 0.221 e. The van der Waals surface area contributed by atoms with Crippen LogP contribution in [0.5, 0.6) is 5.75 Å². The fourth-order valence-electron chi connectivity index (χ4n) is 2.77. The molecule has 2 aromatic rings. The Hall–Kier alpha value is -2.18. The minimum atomic E-state index is -0.568. The first-order chi connectivity index (χ1) is 11.3. The Kier molecular flexibility index (Phi) is 4.19. The number of aliphatic hydroxyl groups excluding tert-OH is 1. The number of ether oxygens (including phenoxy) is 1. The zero-order valence-electron chi connectivity index (χ0n) is 13.8. The van der Waals surface area contributed by atoms with Gasteiger partial charge in [-0.05, 0) is 23.6 Å². The second-order valence-corrected chi connectivity index (χ2v) is 7.49. The Balaban J connectivity index is 2.13. The number of nitrogens with one attached hydrogen (secondary N) is 1. The van der Waals surface area contributed by atoms with Gasteiger partial charge in [-0.25, -0.2) is 0 Å². The molecule has 1 aliphatic rings. The lowest BCUT2D eigenvalue weighted by molar-refractivity contribution is -0.114. The van der Waals surface area contributed by atoms with Gasteiger partial charge < -0.3 is 15.2 Å². The lowest BCUT2D eigenvalue weighted by Crippen LogP contribution is -2.30. The quantitative estimate of drug-likeness (QED) is 0.894. The highest BCUT2D eigenvalue weighted by Gasteiger charge is 2.39. The van der Waals surface area contributed by atoms with E-state index in [4.69, 9.17) is 4.74 Å². The van der Waals surface area contributed by atoms with Gasteiger partial charge in [0.05, 0.1) is 17.0 Å². The van der Waals surface area contributed by atoms with Crippen LogP contribution in [0.25, 0.3) is 0 Å². The zero-order valence-corrected chi connectivity index (χ0v) is 14.6. The van der Waals surface area contributed by atoms with Gasteiger partial charge in [-0.2, -0.15) is 0 Å². The van der Waals surface area contributed by atoms with Crippen LogP contribution >= 0.6 is 11.3 Å². The molecule has 1 aliphatic heterocycles. The van der Waals surface area contributed by atoms with Crippen LogP contribution in [0, 0.1) is 5.41 Å². The number of carbonyl (C=O) groups is 2. The van der Waals surface area contributed by atoms with E-state index in [2.05, 4.69) is 5.32 Å². The fourth-order valence-corrected chi connectivity index (χ4v) is 3.65. The number of aliphatic hydroxyl groups is 1. The number of hydrogen-bond donors (Lipinski definition) is 2. The van der Waals surface area contributed by atoms with Gasteiger partial charge >= 0.3 is 0 Å². The highest BCUT2D eigenvalue weighted by molar-refractivity contribution is 7.12. The van der Waals surface area contributed by atoms with Gasteiger partial charge in [-0.1, -0.05) is 13.8 Å². The molecule has 1 atom stereocenters. The van der Waals surface area contributed by atoms with Crippen LogP contribution < -0.4 is 10.1 Å². The normalized spacial score (nSPS) is 16.7. The number of anilines is 1. The van der Waals surface area contributed by atoms with E-state index in [0.717, 1.165) is 5.56 Å². The fraction of sp³-hybridized carbons (Fsp3) is 0.333. The van der Waals surface area contributed by atoms with Crippen molar-refractivity contribution >= 4 is 28.7 Å². The Labute approximate surface area is 144 Å². The van der Waals surface area contributed by atoms with Gasteiger partial charge in [0.25, 0.3) is 0 Å². The summed E-state index contributed by atoms with van der Waals surface area (Å²) < 4.78 is 6.16. The van der Waals surface area contributed by atoms with Crippen LogP contribution in [0.2, 0.25) is 0 Å². The van der Waals surface area contributed by atoms with Gasteiger partial charge in [0, 0.05) is 29.7 Å². The van der Waals surface area contributed by atoms with E-state index in [1.165, 1.54) is 18.3 Å². The Morgan fingerprint density at radius 2 is 2.12 bits per heavy atom. The van der Waals surface area contributed by atoms with Crippen molar-refractivity contribution in [1.82, 2.24) is 0 Å². The maximum absolute atomic E-state index is 12.9. The molecule has 5 nitrogen and oxygen atoms in total. The molecule has 1 aromatic heterocycles. The summed E-state index contributed by atoms with van der Waals surface area (Å²) in [4.78, 5) is 24.8. The molecular formula is C18H19NO4S. The van der Waals surface area contributed by atoms with Crippen molar-refractivity contribution in [3.05, 3.63) is 45.6 Å². The van der Waals surface area contributed by atoms with Crippen molar-refractivity contribution in [2.45, 2.75) is 26.9 Å². The van der Waals surface area contributed by atoms with Gasteiger partial charge in [0.2, 0.25) is 11.7 Å². The Morgan fingerprint density at radius 3 is 2.79 bits per heavy atom. The minimum Gasteiger partial charge on any atom is -0.484 e. The SMILES string of the molecule is CC(=O)Nc1ccc2c(c1)OC(C(C)(C)CO)c1ccsc1C2=O. The molecule has 1 aromatic carbocycles. The highest BCUT2D eigenvalue weighted by atomic mass is 32.1. The van der Waals surface area contributed by atoms with Gasteiger partial charge in [-0.15, -0.1) is 11.3 Å². The van der Waals surface area contributed by atoms with Crippen molar-refractivity contribution in [3.63, 3.8) is 0 Å². The van der Waals surface area contributed by atoms with E-state index in [1.54, 1.807) is 18.2 Å². The van der Waals surface area contributed by atoms with Gasteiger partial charge in [-0.3, -0.25) is 9.59 Å². The summed E-state index contributed by atoms with van der Waals surface area (Å²) in [6.45, 7) is 5.13. The largest absolute Gasteiger partial charge is 0.484 e. The molecule has 1 unspecified atom stereocenters. The standard InChI is InChI=1S/C18H19NO4S/c1-10(21)19-11-4-5-12-14(8-11)23-17(18(2,3)9-20)13-6-7-24-16(13)15(12)22/h4-8,17,20H,9H2,1-3H3,(H,19,21). The predicted octanol–water partition coefficient (Wildman–Crippen LogP) is 3.39. The van der Waals surface area contributed by atoms with Crippen LogP contribution in [0.1, 0.15) is 47.7 Å². The van der Waals surface area contributed by atoms with E-state index in [0.29, 0.717) is 21.9 Å². The van der Waals surface area contributed by atoms with Crippen LogP contribution in [0.4, 0.5) is 5.69 Å². The third-order valence-electron chi connectivity index (χ3n) is 4.09. The van der Waals surface area contributed by atoms with E-state index in [9.17, 15) is 14.7 Å². The molecule has 0 saturated heterocycles. The summed E-state index contributed by atoms with van der Waals surface area (Å²) in [7, 11) is 0. The van der Waals surface area contributed by atoms with E-state index in [-0.39, 0.29) is 18.3 Å². The first-order valence-corrected chi connectivity index (χ1v) is 8.52. The molecule has 0 spiro atoms. The summed E-state index contributed by atoms with van der Waals surface area (Å²) in [5.74, 6) is 0.128. The average Bonchev–Trinajstić information content (AvgIpc) is 2.96. The minimum absolute atomic E-state index is 0.0815. The van der Waals surface area contributed by atoms with Crippen LogP contribution in [0.3, 0.4) is 0 Å². The number of amides is 1. The van der Waals surface area contributed by atoms with E-state index < -0.39 is 11.5 Å². The molecule has 0 radical (unpaired) electrons. The second-order valence-electron chi connectivity index (χ2n) is 6.57. The lowest BCUT2D eigenvalue weighted by Gasteiger charge is -2.32. The summed E-state index contributed by atoms with van der Waals surface area (Å²) in [6.07, 6.45) is -0.457. The van der Waals surface area contributed by atoms with Gasteiger partial charge in [0.1, 0.15) is 11.9 Å². The first kappa shape index (κ1) is 16.7. The molecule has 0 aliphatic carbocycles. The number of fused-ring (bicyclic) bond motifs is 2. The number of hydrogen-bond acceptors (Lipinski definition) is 5. The third kappa shape index (κ3) is 2.83. The van der Waals surface area contributed by atoms with Gasteiger partial charge in [0.15, 0.2) is 0 Å². The maximum atomic E-state index is 12.9. The van der Waals surface area contributed by atoms with E-state index >= 15 is 0 Å². The predicted molar refractivity (Wildman–Crippen MR) is 92.7 cm³/mol. The Bertz CT molecular complexity index is 809. The molecule has 2 heterocycles. The van der Waals surface area contributed by atoms with Crippen molar-refractivity contribution in [3.8, 4) is 5.75 Å². The Morgan fingerprint density at radius 1 is 1.38 bits per heavy atom. The molecule has 1 amide bonds. The van der Waals surface area contributed by atoms with Crippen LogP contribution in [0.15, 0.2) is 29.6 Å². The summed E-state index contributed by atoms with van der Waals surface area (Å²) in [6, 6.07) is 6.89. The molecule has 0 saturated carbocycles. The summed E-state index contributed by atoms with van der Waals surface area (Å²) in [5.41, 5.74) is 1.26. The van der Waals surface area contributed by atoms with Crippen LogP contribution in [-0.2, 0) is 4.79 Å². The summed E-state index contributed by atoms with van der Waals surface area (Å²) >= 11 is 1.37. The number of ketones is 1. The molecule has 3 rings (SSSR count). The smallest absolute Gasteiger partial charge is 0.221 e. The number of carbonyl (C=O) groups excluding carboxylic acids is 2. The number of rotatable bonds is 3. The number of thiophene rings is 1. The molecule has 0 bridgehead atoms. The van der Waals surface area contributed by atoms with Crippen molar-refractivity contribution in [1.29, 1.82) is 0 Å². The average molecular weight is 345 g/mol. The molecule has 126 valence electrons. The molecule has 6 heteroatoms. The van der Waals surface area contributed by atoms with Crippen LogP contribution in [-0.4, -0.2) is 23.4 Å².